The van der Waals surface area contributed by atoms with E-state index in [1.807, 2.05) is 12.1 Å². The topological polar surface area (TPSA) is 69.1 Å². The third kappa shape index (κ3) is 2.30. The minimum atomic E-state index is 0.763. The highest BCUT2D eigenvalue weighted by Crippen LogP contribution is 2.05. The zero-order valence-electron chi connectivity index (χ0n) is 8.63. The molecule has 0 fully saturated rings. The molecule has 0 saturated heterocycles. The molecule has 0 radical (unpaired) electrons. The minimum absolute atomic E-state index is 0.763. The molecule has 0 aliphatic heterocycles. The van der Waals surface area contributed by atoms with Crippen LogP contribution in [0.15, 0.2) is 18.3 Å². The summed E-state index contributed by atoms with van der Waals surface area (Å²) >= 11 is 0. The average molecular weight is 205 g/mol. The fraction of sp³-hybridized carbons (Fsp3) is 0.500. The molecule has 2 N–H and O–H groups in total. The molecule has 2 aromatic rings. The second-order valence-corrected chi connectivity index (χ2v) is 3.51. The van der Waals surface area contributed by atoms with Gasteiger partial charge in [-0.25, -0.2) is 0 Å². The van der Waals surface area contributed by atoms with Gasteiger partial charge in [-0.3, -0.25) is 0 Å². The Morgan fingerprint density at radius 3 is 3.00 bits per heavy atom. The Bertz CT molecular complexity index is 422. The summed E-state index contributed by atoms with van der Waals surface area (Å²) in [5.41, 5.74) is 6.24. The summed E-state index contributed by atoms with van der Waals surface area (Å²) in [7, 11) is 0. The fourth-order valence-corrected chi connectivity index (χ4v) is 1.55. The van der Waals surface area contributed by atoms with Crippen LogP contribution in [0.2, 0.25) is 0 Å². The quantitative estimate of drug-likeness (QED) is 0.733. The molecule has 0 aliphatic rings. The van der Waals surface area contributed by atoms with Crippen molar-refractivity contribution in [3.63, 3.8) is 0 Å². The molecule has 80 valence electrons. The molecule has 15 heavy (non-hydrogen) atoms. The molecular formula is C10H15N5. The molecule has 5 heteroatoms. The third-order valence-electron chi connectivity index (χ3n) is 2.35. The van der Waals surface area contributed by atoms with Crippen molar-refractivity contribution in [1.82, 2.24) is 19.8 Å². The predicted octanol–water partition coefficient (Wildman–Crippen LogP) is 0.796. The zero-order valence-corrected chi connectivity index (χ0v) is 8.63. The van der Waals surface area contributed by atoms with Crippen molar-refractivity contribution in [2.75, 3.05) is 6.54 Å². The Hall–Kier alpha value is -1.49. The maximum atomic E-state index is 5.43. The van der Waals surface area contributed by atoms with Crippen LogP contribution in [0.1, 0.15) is 25.1 Å². The Morgan fingerprint density at radius 1 is 1.20 bits per heavy atom. The number of hydrogen-bond donors (Lipinski definition) is 1. The van der Waals surface area contributed by atoms with E-state index in [9.17, 15) is 0 Å². The minimum Gasteiger partial charge on any atom is -0.330 e. The Balaban J connectivity index is 2.02. The van der Waals surface area contributed by atoms with Crippen molar-refractivity contribution in [3.05, 3.63) is 24.2 Å². The molecule has 2 aromatic heterocycles. The van der Waals surface area contributed by atoms with Gasteiger partial charge in [0.05, 0.1) is 0 Å². The zero-order chi connectivity index (χ0) is 10.5. The highest BCUT2D eigenvalue weighted by Gasteiger charge is 2.04. The lowest BCUT2D eigenvalue weighted by atomic mass is 10.2. The second kappa shape index (κ2) is 4.84. The summed E-state index contributed by atoms with van der Waals surface area (Å²) in [5.74, 6) is 0.933. The van der Waals surface area contributed by atoms with Crippen LogP contribution in [-0.2, 0) is 6.42 Å². The van der Waals surface area contributed by atoms with Crippen molar-refractivity contribution in [2.45, 2.75) is 25.7 Å². The number of hydrogen-bond acceptors (Lipinski definition) is 4. The van der Waals surface area contributed by atoms with Crippen LogP contribution in [0.25, 0.3) is 5.65 Å². The number of aromatic nitrogens is 4. The lowest BCUT2D eigenvalue weighted by Crippen LogP contribution is -2.01. The highest BCUT2D eigenvalue weighted by molar-refractivity contribution is 5.34. The summed E-state index contributed by atoms with van der Waals surface area (Å²) in [6.07, 6.45) is 5.97. The van der Waals surface area contributed by atoms with Crippen LogP contribution in [-0.4, -0.2) is 26.4 Å². The van der Waals surface area contributed by atoms with Crippen LogP contribution >= 0.6 is 0 Å². The van der Waals surface area contributed by atoms with Gasteiger partial charge in [-0.05, 0) is 31.5 Å². The van der Waals surface area contributed by atoms with Gasteiger partial charge in [-0.1, -0.05) is 6.42 Å². The molecule has 2 heterocycles. The molecule has 0 spiro atoms. The van der Waals surface area contributed by atoms with Crippen molar-refractivity contribution in [3.8, 4) is 0 Å². The number of nitrogens with two attached hydrogens (primary N) is 1. The van der Waals surface area contributed by atoms with Gasteiger partial charge in [-0.15, -0.1) is 10.2 Å². The van der Waals surface area contributed by atoms with Crippen molar-refractivity contribution >= 4 is 5.65 Å². The maximum Gasteiger partial charge on any atom is 0.177 e. The second-order valence-electron chi connectivity index (χ2n) is 3.51. The van der Waals surface area contributed by atoms with Crippen LogP contribution in [0, 0.1) is 0 Å². The van der Waals surface area contributed by atoms with Gasteiger partial charge in [0.15, 0.2) is 11.5 Å². The summed E-state index contributed by atoms with van der Waals surface area (Å²) in [4.78, 5) is 0. The van der Waals surface area contributed by atoms with Gasteiger partial charge in [0, 0.05) is 12.6 Å². The first-order valence-electron chi connectivity index (χ1n) is 5.27. The number of unbranched alkanes of at least 4 members (excludes halogenated alkanes) is 2. The average Bonchev–Trinajstić information content (AvgIpc) is 2.68. The molecule has 0 atom stereocenters. The molecular weight excluding hydrogens is 190 g/mol. The number of nitrogens with zero attached hydrogens (tertiary/aromatic N) is 4. The van der Waals surface area contributed by atoms with Gasteiger partial charge >= 0.3 is 0 Å². The monoisotopic (exact) mass is 205 g/mol. The Labute approximate surface area is 88.3 Å². The standard InChI is InChI=1S/C10H15N5/c11-7-3-1-2-5-9-13-14-10-6-4-8-12-15(9)10/h4,6,8H,1-3,5,7,11H2. The normalized spacial score (nSPS) is 11.0. The molecule has 0 amide bonds. The molecule has 0 bridgehead atoms. The number of rotatable bonds is 5. The summed E-state index contributed by atoms with van der Waals surface area (Å²) in [6, 6.07) is 3.77. The first kappa shape index (κ1) is 10.0. The van der Waals surface area contributed by atoms with Gasteiger partial charge in [0.25, 0.3) is 0 Å². The first-order chi connectivity index (χ1) is 7.42. The first-order valence-corrected chi connectivity index (χ1v) is 5.27. The lowest BCUT2D eigenvalue weighted by Gasteiger charge is -1.98. The molecule has 0 aliphatic carbocycles. The van der Waals surface area contributed by atoms with Crippen molar-refractivity contribution < 1.29 is 0 Å². The summed E-state index contributed by atoms with van der Waals surface area (Å²) in [6.45, 7) is 0.763. The van der Waals surface area contributed by atoms with Crippen LogP contribution in [0.5, 0.6) is 0 Å². The van der Waals surface area contributed by atoms with Gasteiger partial charge < -0.3 is 5.73 Å². The summed E-state index contributed by atoms with van der Waals surface area (Å²) < 4.78 is 1.79. The largest absolute Gasteiger partial charge is 0.330 e. The Morgan fingerprint density at radius 2 is 2.13 bits per heavy atom. The lowest BCUT2D eigenvalue weighted by molar-refractivity contribution is 0.656. The molecule has 0 saturated carbocycles. The number of aryl methyl sites for hydroxylation is 1. The Kier molecular flexibility index (Phi) is 3.24. The maximum absolute atomic E-state index is 5.43. The van der Waals surface area contributed by atoms with Crippen LogP contribution in [0.3, 0.4) is 0 Å². The van der Waals surface area contributed by atoms with E-state index in [1.165, 1.54) is 0 Å². The third-order valence-corrected chi connectivity index (χ3v) is 2.35. The van der Waals surface area contributed by atoms with E-state index in [-0.39, 0.29) is 0 Å². The smallest absolute Gasteiger partial charge is 0.177 e. The van der Waals surface area contributed by atoms with Gasteiger partial charge in [0.2, 0.25) is 0 Å². The molecule has 2 rings (SSSR count). The van der Waals surface area contributed by atoms with E-state index in [2.05, 4.69) is 15.3 Å². The van der Waals surface area contributed by atoms with E-state index in [4.69, 9.17) is 5.73 Å². The van der Waals surface area contributed by atoms with Crippen LogP contribution in [0.4, 0.5) is 0 Å². The molecule has 0 unspecified atom stereocenters. The van der Waals surface area contributed by atoms with Crippen LogP contribution < -0.4 is 5.73 Å². The number of fused-ring (bicyclic) bond motifs is 1. The highest BCUT2D eigenvalue weighted by atomic mass is 15.4. The van der Waals surface area contributed by atoms with E-state index < -0.39 is 0 Å². The SMILES string of the molecule is NCCCCCc1nnc2cccnn12. The van der Waals surface area contributed by atoms with Gasteiger partial charge in [0.1, 0.15) is 0 Å². The summed E-state index contributed by atoms with van der Waals surface area (Å²) in [5, 5.41) is 12.4. The fourth-order valence-electron chi connectivity index (χ4n) is 1.55. The van der Waals surface area contributed by atoms with E-state index in [1.54, 1.807) is 10.7 Å². The van der Waals surface area contributed by atoms with E-state index in [0.717, 1.165) is 43.7 Å². The van der Waals surface area contributed by atoms with Crippen molar-refractivity contribution in [2.24, 2.45) is 5.73 Å². The molecule has 5 nitrogen and oxygen atoms in total. The van der Waals surface area contributed by atoms with E-state index >= 15 is 0 Å². The van der Waals surface area contributed by atoms with Gasteiger partial charge in [-0.2, -0.15) is 9.61 Å². The van der Waals surface area contributed by atoms with E-state index in [0.29, 0.717) is 0 Å². The predicted molar refractivity (Wildman–Crippen MR) is 57.4 cm³/mol. The molecule has 0 aromatic carbocycles. The van der Waals surface area contributed by atoms with Crippen molar-refractivity contribution in [1.29, 1.82) is 0 Å².